The van der Waals surface area contributed by atoms with Crippen molar-refractivity contribution in [2.24, 2.45) is 0 Å². The van der Waals surface area contributed by atoms with Gasteiger partial charge in [0, 0.05) is 10.9 Å². The van der Waals surface area contributed by atoms with Crippen molar-refractivity contribution in [2.45, 2.75) is 12.5 Å². The summed E-state index contributed by atoms with van der Waals surface area (Å²) in [4.78, 5) is 0. The summed E-state index contributed by atoms with van der Waals surface area (Å²) in [5, 5.41) is 19.9. The third kappa shape index (κ3) is 3.68. The lowest BCUT2D eigenvalue weighted by atomic mass is 10.0. The maximum absolute atomic E-state index is 10.4. The molecule has 112 valence electrons. The molecule has 0 saturated carbocycles. The molecule has 0 amide bonds. The van der Waals surface area contributed by atoms with Gasteiger partial charge in [0.25, 0.3) is 0 Å². The molecule has 1 atom stereocenters. The Bertz CT molecular complexity index is 628. The molecular formula is C16H17BrO4. The molecule has 0 fully saturated rings. The second-order valence-electron chi connectivity index (χ2n) is 4.62. The molecule has 1 unspecified atom stereocenters. The van der Waals surface area contributed by atoms with Gasteiger partial charge in [-0.2, -0.15) is 0 Å². The van der Waals surface area contributed by atoms with E-state index in [2.05, 4.69) is 15.9 Å². The first-order chi connectivity index (χ1) is 10.0. The van der Waals surface area contributed by atoms with Crippen molar-refractivity contribution in [3.63, 3.8) is 0 Å². The lowest BCUT2D eigenvalue weighted by Gasteiger charge is -2.16. The molecule has 0 aliphatic carbocycles. The van der Waals surface area contributed by atoms with E-state index in [0.717, 1.165) is 10.0 Å². The standard InChI is InChI=1S/C16H17BrO4/c1-20-15-8-12(13(17)9-16(15)21-2)14(19)7-10-4-3-5-11(18)6-10/h3-6,8-9,14,18-19H,7H2,1-2H3. The van der Waals surface area contributed by atoms with E-state index in [-0.39, 0.29) is 5.75 Å². The van der Waals surface area contributed by atoms with Crippen LogP contribution in [0, 0.1) is 0 Å². The fourth-order valence-corrected chi connectivity index (χ4v) is 2.73. The maximum Gasteiger partial charge on any atom is 0.161 e. The number of hydrogen-bond acceptors (Lipinski definition) is 4. The normalized spacial score (nSPS) is 12.0. The Labute approximate surface area is 132 Å². The molecule has 0 aliphatic heterocycles. The number of ether oxygens (including phenoxy) is 2. The molecule has 2 rings (SSSR count). The molecule has 5 heteroatoms. The van der Waals surface area contributed by atoms with Crippen molar-refractivity contribution in [1.82, 2.24) is 0 Å². The Morgan fingerprint density at radius 2 is 1.76 bits per heavy atom. The van der Waals surface area contributed by atoms with Crippen molar-refractivity contribution in [1.29, 1.82) is 0 Å². The second-order valence-corrected chi connectivity index (χ2v) is 5.47. The smallest absolute Gasteiger partial charge is 0.161 e. The predicted molar refractivity (Wildman–Crippen MR) is 84.0 cm³/mol. The molecule has 0 saturated heterocycles. The molecule has 2 aromatic rings. The first kappa shape index (κ1) is 15.7. The zero-order chi connectivity index (χ0) is 15.4. The van der Waals surface area contributed by atoms with Crippen LogP contribution in [0.1, 0.15) is 17.2 Å². The summed E-state index contributed by atoms with van der Waals surface area (Å²) in [5.74, 6) is 1.34. The molecule has 2 N–H and O–H groups in total. The summed E-state index contributed by atoms with van der Waals surface area (Å²) in [6.07, 6.45) is -0.330. The average Bonchev–Trinajstić information content (AvgIpc) is 2.46. The van der Waals surface area contributed by atoms with Crippen LogP contribution in [0.5, 0.6) is 17.2 Å². The molecule has 0 bridgehead atoms. The highest BCUT2D eigenvalue weighted by Gasteiger charge is 2.16. The zero-order valence-corrected chi connectivity index (χ0v) is 13.4. The van der Waals surface area contributed by atoms with E-state index in [4.69, 9.17) is 9.47 Å². The number of aliphatic hydroxyl groups excluding tert-OH is 1. The average molecular weight is 353 g/mol. The number of methoxy groups -OCH3 is 2. The van der Waals surface area contributed by atoms with Crippen LogP contribution in [0.4, 0.5) is 0 Å². The minimum Gasteiger partial charge on any atom is -0.508 e. The summed E-state index contributed by atoms with van der Waals surface area (Å²) in [7, 11) is 3.12. The lowest BCUT2D eigenvalue weighted by Crippen LogP contribution is -2.04. The van der Waals surface area contributed by atoms with E-state index in [1.54, 1.807) is 44.6 Å². The molecule has 0 radical (unpaired) electrons. The number of aliphatic hydroxyl groups is 1. The molecule has 2 aromatic carbocycles. The Morgan fingerprint density at radius 3 is 2.38 bits per heavy atom. The number of benzene rings is 2. The third-order valence-electron chi connectivity index (χ3n) is 3.20. The van der Waals surface area contributed by atoms with Crippen LogP contribution in [0.25, 0.3) is 0 Å². The quantitative estimate of drug-likeness (QED) is 0.865. The molecular weight excluding hydrogens is 336 g/mol. The largest absolute Gasteiger partial charge is 0.508 e. The van der Waals surface area contributed by atoms with E-state index in [1.165, 1.54) is 0 Å². The van der Waals surface area contributed by atoms with Crippen molar-refractivity contribution < 1.29 is 19.7 Å². The van der Waals surface area contributed by atoms with Crippen LogP contribution in [-0.2, 0) is 6.42 Å². The first-order valence-electron chi connectivity index (χ1n) is 6.42. The highest BCUT2D eigenvalue weighted by atomic mass is 79.9. The van der Waals surface area contributed by atoms with Gasteiger partial charge in [0.15, 0.2) is 11.5 Å². The Kier molecular flexibility index (Phi) is 5.09. The van der Waals surface area contributed by atoms with Crippen LogP contribution < -0.4 is 9.47 Å². The van der Waals surface area contributed by atoms with Gasteiger partial charge in [0.2, 0.25) is 0 Å². The van der Waals surface area contributed by atoms with E-state index >= 15 is 0 Å². The van der Waals surface area contributed by atoms with E-state index in [1.807, 2.05) is 6.07 Å². The monoisotopic (exact) mass is 352 g/mol. The van der Waals surface area contributed by atoms with Gasteiger partial charge in [0.05, 0.1) is 20.3 Å². The van der Waals surface area contributed by atoms with Gasteiger partial charge in [-0.05, 0) is 35.4 Å². The fraction of sp³-hybridized carbons (Fsp3) is 0.250. The van der Waals surface area contributed by atoms with Crippen LogP contribution in [0.3, 0.4) is 0 Å². The molecule has 0 spiro atoms. The molecule has 0 aromatic heterocycles. The summed E-state index contributed by atoms with van der Waals surface area (Å²) in [6.45, 7) is 0. The molecule has 21 heavy (non-hydrogen) atoms. The summed E-state index contributed by atoms with van der Waals surface area (Å²) in [6, 6.07) is 10.4. The van der Waals surface area contributed by atoms with Crippen molar-refractivity contribution in [3.05, 3.63) is 52.0 Å². The van der Waals surface area contributed by atoms with Gasteiger partial charge in [-0.1, -0.05) is 28.1 Å². The maximum atomic E-state index is 10.4. The Balaban J connectivity index is 2.28. The van der Waals surface area contributed by atoms with Gasteiger partial charge in [-0.25, -0.2) is 0 Å². The topological polar surface area (TPSA) is 58.9 Å². The van der Waals surface area contributed by atoms with Gasteiger partial charge >= 0.3 is 0 Å². The highest BCUT2D eigenvalue weighted by molar-refractivity contribution is 9.10. The minimum atomic E-state index is -0.721. The minimum absolute atomic E-state index is 0.186. The second kappa shape index (κ2) is 6.83. The highest BCUT2D eigenvalue weighted by Crippen LogP contribution is 2.37. The summed E-state index contributed by atoms with van der Waals surface area (Å²) >= 11 is 3.43. The number of hydrogen-bond donors (Lipinski definition) is 2. The third-order valence-corrected chi connectivity index (χ3v) is 3.89. The van der Waals surface area contributed by atoms with Crippen molar-refractivity contribution >= 4 is 15.9 Å². The van der Waals surface area contributed by atoms with Gasteiger partial charge in [-0.15, -0.1) is 0 Å². The number of halogens is 1. The van der Waals surface area contributed by atoms with E-state index < -0.39 is 6.10 Å². The van der Waals surface area contributed by atoms with E-state index in [0.29, 0.717) is 23.5 Å². The number of rotatable bonds is 5. The van der Waals surface area contributed by atoms with Crippen LogP contribution in [0.15, 0.2) is 40.9 Å². The SMILES string of the molecule is COc1cc(Br)c(C(O)Cc2cccc(O)c2)cc1OC. The number of phenolic OH excluding ortho intramolecular Hbond substituents is 1. The molecule has 4 nitrogen and oxygen atoms in total. The predicted octanol–water partition coefficient (Wildman–Crippen LogP) is 3.45. The van der Waals surface area contributed by atoms with Crippen LogP contribution in [-0.4, -0.2) is 24.4 Å². The lowest BCUT2D eigenvalue weighted by molar-refractivity contribution is 0.177. The summed E-state index contributed by atoms with van der Waals surface area (Å²) in [5.41, 5.74) is 1.56. The van der Waals surface area contributed by atoms with Gasteiger partial charge < -0.3 is 19.7 Å². The van der Waals surface area contributed by atoms with Crippen LogP contribution >= 0.6 is 15.9 Å². The van der Waals surface area contributed by atoms with Gasteiger partial charge in [-0.3, -0.25) is 0 Å². The summed E-state index contributed by atoms with van der Waals surface area (Å²) < 4.78 is 11.2. The van der Waals surface area contributed by atoms with Crippen molar-refractivity contribution in [3.8, 4) is 17.2 Å². The number of phenols is 1. The van der Waals surface area contributed by atoms with E-state index in [9.17, 15) is 10.2 Å². The molecule has 0 heterocycles. The molecule has 0 aliphatic rings. The van der Waals surface area contributed by atoms with Gasteiger partial charge in [0.1, 0.15) is 5.75 Å². The Morgan fingerprint density at radius 1 is 1.10 bits per heavy atom. The first-order valence-corrected chi connectivity index (χ1v) is 7.22. The fourth-order valence-electron chi connectivity index (χ4n) is 2.14. The Hall–Kier alpha value is -1.72. The van der Waals surface area contributed by atoms with Crippen molar-refractivity contribution in [2.75, 3.05) is 14.2 Å². The number of aromatic hydroxyl groups is 1. The zero-order valence-electron chi connectivity index (χ0n) is 11.8. The van der Waals surface area contributed by atoms with Crippen LogP contribution in [0.2, 0.25) is 0 Å².